The van der Waals surface area contributed by atoms with Gasteiger partial charge in [-0.3, -0.25) is 14.3 Å². The molecule has 3 atom stereocenters. The molecule has 1 aliphatic heterocycles. The number of carbonyl (C=O) groups excluding carboxylic acids is 2. The lowest BCUT2D eigenvalue weighted by atomic mass is 9.79. The number of imidazole rings is 1. The molecule has 13 heteroatoms. The van der Waals surface area contributed by atoms with Crippen LogP contribution < -0.4 is 10.6 Å². The highest BCUT2D eigenvalue weighted by Gasteiger charge is 2.47. The van der Waals surface area contributed by atoms with Gasteiger partial charge in [0.2, 0.25) is 5.91 Å². The molecule has 1 aliphatic rings. The molecule has 3 rings (SSSR count). The summed E-state index contributed by atoms with van der Waals surface area (Å²) in [5.74, 6) is 2.82. The van der Waals surface area contributed by atoms with Crippen molar-refractivity contribution in [2.24, 2.45) is 22.7 Å². The topological polar surface area (TPSA) is 138 Å². The van der Waals surface area contributed by atoms with Crippen LogP contribution in [0, 0.1) is 35.0 Å². The van der Waals surface area contributed by atoms with Crippen molar-refractivity contribution in [3.8, 4) is 0 Å². The Morgan fingerprint density at radius 3 is 1.85 bits per heavy atom. The first-order valence-corrected chi connectivity index (χ1v) is 25.5. The Balaban J connectivity index is -0.000000405. The average Bonchev–Trinajstić information content (AvgIpc) is 3.92. The highest BCUT2D eigenvalue weighted by Crippen LogP contribution is 2.42. The number of piperidine rings is 1. The maximum Gasteiger partial charge on any atom is 0.393 e. The van der Waals surface area contributed by atoms with E-state index < -0.39 is 17.6 Å². The summed E-state index contributed by atoms with van der Waals surface area (Å²) in [6.45, 7) is 49.0. The highest BCUT2D eigenvalue weighted by molar-refractivity contribution is 5.95. The largest absolute Gasteiger partial charge is 0.493 e. The molecular formula is C55H104F3N7O3. The number of hydrogen-bond donors (Lipinski definition) is 4. The number of ether oxygens (including phenoxy) is 1. The number of aryl methyl sites for hydroxylation is 2. The number of aromatic amines is 1. The molecule has 0 aromatic carbocycles. The number of unbranched alkanes of at least 4 members (excludes halogenated alkanes) is 1. The van der Waals surface area contributed by atoms with Gasteiger partial charge in [-0.2, -0.15) is 18.3 Å². The van der Waals surface area contributed by atoms with E-state index in [1.807, 2.05) is 62.3 Å². The normalized spacial score (nSPS) is 14.7. The third kappa shape index (κ3) is 35.2. The molecule has 398 valence electrons. The van der Waals surface area contributed by atoms with E-state index in [0.29, 0.717) is 40.8 Å². The van der Waals surface area contributed by atoms with Crippen LogP contribution in [0.1, 0.15) is 244 Å². The van der Waals surface area contributed by atoms with Crippen LogP contribution in [0.4, 0.5) is 13.2 Å². The van der Waals surface area contributed by atoms with E-state index in [-0.39, 0.29) is 30.3 Å². The monoisotopic (exact) mass is 968 g/mol. The summed E-state index contributed by atoms with van der Waals surface area (Å²) in [4.78, 5) is 30.2. The number of allylic oxidation sites excluding steroid dienone is 3. The molecular weight excluding hydrogens is 864 g/mol. The summed E-state index contributed by atoms with van der Waals surface area (Å²) in [5, 5.41) is 16.9. The third-order valence-corrected chi connectivity index (χ3v) is 11.2. The Labute approximate surface area is 415 Å². The van der Waals surface area contributed by atoms with Crippen molar-refractivity contribution in [1.82, 2.24) is 30.4 Å². The molecule has 0 aliphatic carbocycles. The fourth-order valence-electron chi connectivity index (χ4n) is 6.41. The van der Waals surface area contributed by atoms with Gasteiger partial charge < -0.3 is 25.8 Å². The van der Waals surface area contributed by atoms with Gasteiger partial charge in [-0.1, -0.05) is 128 Å². The van der Waals surface area contributed by atoms with Crippen molar-refractivity contribution in [2.75, 3.05) is 6.54 Å². The van der Waals surface area contributed by atoms with Crippen LogP contribution in [0.5, 0.6) is 0 Å². The lowest BCUT2D eigenvalue weighted by Gasteiger charge is -2.29. The molecule has 0 saturated carbocycles. The predicted octanol–water partition coefficient (Wildman–Crippen LogP) is 16.5. The van der Waals surface area contributed by atoms with E-state index in [1.54, 1.807) is 13.0 Å². The molecule has 0 radical (unpaired) electrons. The zero-order valence-electron chi connectivity index (χ0n) is 47.6. The summed E-state index contributed by atoms with van der Waals surface area (Å²) in [7, 11) is 0. The van der Waals surface area contributed by atoms with Crippen LogP contribution in [0.25, 0.3) is 0 Å². The van der Waals surface area contributed by atoms with Gasteiger partial charge in [-0.05, 0) is 130 Å². The molecule has 2 aromatic rings. The Morgan fingerprint density at radius 1 is 0.971 bits per heavy atom. The summed E-state index contributed by atoms with van der Waals surface area (Å²) in [6.07, 6.45) is 9.62. The molecule has 10 nitrogen and oxygen atoms in total. The highest BCUT2D eigenvalue weighted by atomic mass is 19.4. The van der Waals surface area contributed by atoms with E-state index in [9.17, 15) is 22.8 Å². The number of alkyl halides is 3. The first-order valence-electron chi connectivity index (χ1n) is 25.5. The van der Waals surface area contributed by atoms with Gasteiger partial charge in [0, 0.05) is 31.4 Å². The smallest absolute Gasteiger partial charge is 0.393 e. The first-order chi connectivity index (χ1) is 31.3. The van der Waals surface area contributed by atoms with Gasteiger partial charge in [-0.25, -0.2) is 4.98 Å². The molecule has 2 amide bonds. The molecule has 1 fully saturated rings. The van der Waals surface area contributed by atoms with Crippen LogP contribution >= 0.6 is 0 Å². The molecule has 68 heavy (non-hydrogen) atoms. The number of hydrogen-bond acceptors (Lipinski definition) is 6. The number of amides is 2. The molecule has 1 saturated heterocycles. The summed E-state index contributed by atoms with van der Waals surface area (Å²) >= 11 is 0. The predicted molar refractivity (Wildman–Crippen MR) is 284 cm³/mol. The van der Waals surface area contributed by atoms with Gasteiger partial charge in [0.1, 0.15) is 17.1 Å². The number of nitrogens with one attached hydrogen (secondary N) is 4. The van der Waals surface area contributed by atoms with Crippen LogP contribution in [0.2, 0.25) is 0 Å². The number of rotatable bonds is 16. The SMILES string of the molecule is C=C(C)OC(C)(C)C.CC.CC1CCC(=O)NC1.CCC(C)=C(C)C(C)=N.CCCC.CCCC(C)(C)CC(C)CC.CCn1nccc1C(=O)NC(CCC(C)(C)C(F)(F)F)c1cnc(C)[nH]1. The number of halogens is 3. The summed E-state index contributed by atoms with van der Waals surface area (Å²) in [6, 6.07) is 0.971. The number of H-pyrrole nitrogens is 1. The minimum absolute atomic E-state index is 0.0775. The van der Waals surface area contributed by atoms with Gasteiger partial charge in [-0.15, -0.1) is 0 Å². The minimum Gasteiger partial charge on any atom is -0.493 e. The molecule has 0 spiro atoms. The van der Waals surface area contributed by atoms with Crippen molar-refractivity contribution in [2.45, 2.75) is 247 Å². The molecule has 4 N–H and O–H groups in total. The molecule has 0 bridgehead atoms. The van der Waals surface area contributed by atoms with E-state index in [2.05, 4.69) is 102 Å². The number of aromatic nitrogens is 4. The van der Waals surface area contributed by atoms with Crippen LogP contribution in [0.15, 0.2) is 41.9 Å². The fraction of sp³-hybridized carbons (Fsp3) is 0.764. The minimum atomic E-state index is -4.31. The Bertz CT molecular complexity index is 1670. The molecule has 3 heterocycles. The van der Waals surface area contributed by atoms with Crippen LogP contribution in [-0.4, -0.2) is 55.6 Å². The number of nitrogens with zero attached hydrogens (tertiary/aromatic N) is 3. The standard InChI is InChI=1S/C17H24F3N5O.C11H24.C8H15N.C7H14O.C6H11NO.C4H10.C2H6/c1-5-25-14(7-9-22-25)15(26)24-12(13-10-21-11(2)23-13)6-8-16(3,4)17(18,19)20;1-6-8-11(4,5)9-10(3)7-2;1-5-6(2)7(3)8(4)9;1-6(2)8-7(3,4)5;1-5-2-3-6(8)7-4-5;1-3-4-2;1-2/h7,9-10,12H,5-6,8H2,1-4H3,(H,21,23)(H,24,26);10H,6-9H2,1-5H3;9H,5H2,1-4H3;1H2,2-5H3;5H,2-4H2,1H3,(H,7,8);3-4H2,1-2H3;1-2H3. The maximum atomic E-state index is 13.2. The Kier molecular flexibility index (Phi) is 38.4. The van der Waals surface area contributed by atoms with Crippen molar-refractivity contribution < 1.29 is 27.5 Å². The molecule has 2 aromatic heterocycles. The van der Waals surface area contributed by atoms with E-state index >= 15 is 0 Å². The lowest BCUT2D eigenvalue weighted by Crippen LogP contribution is -2.35. The summed E-state index contributed by atoms with van der Waals surface area (Å²) < 4.78 is 46.2. The van der Waals surface area contributed by atoms with Gasteiger partial charge in [0.05, 0.1) is 29.1 Å². The third-order valence-electron chi connectivity index (χ3n) is 11.2. The Hall–Kier alpha value is -3.90. The maximum absolute atomic E-state index is 13.2. The van der Waals surface area contributed by atoms with Crippen molar-refractivity contribution >= 4 is 17.5 Å². The van der Waals surface area contributed by atoms with E-state index in [1.165, 1.54) is 61.2 Å². The quantitative estimate of drug-likeness (QED) is 0.0980. The second kappa shape index (κ2) is 37.0. The number of carbonyl (C=O) groups is 2. The van der Waals surface area contributed by atoms with E-state index in [0.717, 1.165) is 56.9 Å². The van der Waals surface area contributed by atoms with Gasteiger partial charge >= 0.3 is 6.18 Å². The van der Waals surface area contributed by atoms with Crippen LogP contribution in [-0.2, 0) is 16.1 Å². The Morgan fingerprint density at radius 2 is 1.53 bits per heavy atom. The van der Waals surface area contributed by atoms with Gasteiger partial charge in [0.15, 0.2) is 0 Å². The molecule has 3 unspecified atom stereocenters. The zero-order valence-corrected chi connectivity index (χ0v) is 47.6. The van der Waals surface area contributed by atoms with Gasteiger partial charge in [0.25, 0.3) is 5.91 Å². The fourth-order valence-corrected chi connectivity index (χ4v) is 6.41. The zero-order chi connectivity index (χ0) is 54.1. The van der Waals surface area contributed by atoms with E-state index in [4.69, 9.17) is 10.1 Å². The van der Waals surface area contributed by atoms with Crippen LogP contribution in [0.3, 0.4) is 0 Å². The summed E-state index contributed by atoms with van der Waals surface area (Å²) in [5.41, 5.74) is 2.74. The second-order valence-corrected chi connectivity index (χ2v) is 20.3. The average molecular weight is 968 g/mol. The van der Waals surface area contributed by atoms with Crippen molar-refractivity contribution in [3.05, 3.63) is 59.2 Å². The van der Waals surface area contributed by atoms with Crippen molar-refractivity contribution in [1.29, 1.82) is 5.41 Å². The lowest BCUT2D eigenvalue weighted by molar-refractivity contribution is -0.214. The second-order valence-electron chi connectivity index (χ2n) is 20.3. The van der Waals surface area contributed by atoms with Crippen molar-refractivity contribution in [3.63, 3.8) is 0 Å². The first kappa shape index (κ1) is 70.7.